The van der Waals surface area contributed by atoms with E-state index in [1.807, 2.05) is 48.5 Å². The molecule has 4 nitrogen and oxygen atoms in total. The van der Waals surface area contributed by atoms with Gasteiger partial charge in [-0.05, 0) is 46.9 Å². The molecule has 0 N–H and O–H groups in total. The van der Waals surface area contributed by atoms with Crippen LogP contribution in [0.3, 0.4) is 0 Å². The van der Waals surface area contributed by atoms with E-state index < -0.39 is 13.3 Å². The van der Waals surface area contributed by atoms with Gasteiger partial charge in [-0.2, -0.15) is 0 Å². The zero-order valence-corrected chi connectivity index (χ0v) is 40.6. The van der Waals surface area contributed by atoms with Crippen LogP contribution in [0.1, 0.15) is 52.7 Å². The van der Waals surface area contributed by atoms with Crippen molar-refractivity contribution in [3.8, 4) is 39.5 Å². The molecule has 0 aliphatic heterocycles. The van der Waals surface area contributed by atoms with Gasteiger partial charge < -0.3 is 8.98 Å². The molecule has 0 fully saturated rings. The summed E-state index contributed by atoms with van der Waals surface area (Å²) in [5, 5.41) is 2.17. The van der Waals surface area contributed by atoms with Gasteiger partial charge in [-0.25, -0.2) is 0 Å². The van der Waals surface area contributed by atoms with Crippen molar-refractivity contribution in [3.05, 3.63) is 169 Å². The molecule has 6 aromatic carbocycles. The zero-order valence-electron chi connectivity index (χ0n) is 36.1. The molecule has 0 saturated heterocycles. The van der Waals surface area contributed by atoms with Crippen LogP contribution < -0.4 is 4.40 Å². The fourth-order valence-corrected chi connectivity index (χ4v) is 11.2. The summed E-state index contributed by atoms with van der Waals surface area (Å²) in [7, 11) is 0. The Bertz CT molecular complexity index is 2910. The Morgan fingerprint density at radius 1 is 0.700 bits per heavy atom. The standard InChI is InChI=1S/C35H27N2O.C19H26GeN.Ir/c1-35(2,3)24-20-21-30(28(22-24)23-12-5-4-6-13-23)37-31-18-9-8-17-29(31)36-34(37)27-16-11-15-26-25-14-7-10-19-32(25)38-33(26)27;1-19(2,3)13-16-12-18(15-10-8-7-9-11-15)21-14-17(16)20(4,5)6;/h4-15,17-22H,1-3H3;7-10,12,14H,13H2,1-6H3;/q2*-1;. The normalized spacial score (nSPS) is 12.0. The molecule has 0 aliphatic rings. The minimum absolute atomic E-state index is 0. The number of hydrogen-bond acceptors (Lipinski definition) is 3. The third kappa shape index (κ3) is 9.00. The Hall–Kier alpha value is -5.07. The van der Waals surface area contributed by atoms with Gasteiger partial charge in [0.05, 0.1) is 22.4 Å². The maximum absolute atomic E-state index is 6.42. The summed E-state index contributed by atoms with van der Waals surface area (Å²) in [6.07, 6.45) is 3.24. The van der Waals surface area contributed by atoms with Crippen LogP contribution in [-0.2, 0) is 31.9 Å². The molecule has 60 heavy (non-hydrogen) atoms. The molecule has 305 valence electrons. The van der Waals surface area contributed by atoms with E-state index in [1.165, 1.54) is 26.6 Å². The Labute approximate surface area is 371 Å². The van der Waals surface area contributed by atoms with Gasteiger partial charge >= 0.3 is 132 Å². The Kier molecular flexibility index (Phi) is 12.3. The maximum atomic E-state index is 6.42. The summed E-state index contributed by atoms with van der Waals surface area (Å²) in [5.74, 6) is 8.14. The number of hydrogen-bond donors (Lipinski definition) is 0. The predicted octanol–water partition coefficient (Wildman–Crippen LogP) is 14.0. The molecule has 9 aromatic rings. The second-order valence-electron chi connectivity index (χ2n) is 18.8. The Morgan fingerprint density at radius 2 is 1.42 bits per heavy atom. The SMILES string of the molecule is CC(C)(C)Cc1cc(-c2[c-]cccc2)nc[c]1[Ge]([CH3])([CH3])[CH3].CC(C)(C)c1ccc(-n2c(-c3[c-]ccc4c3oc3ccccc34)nc3ccccc32)c(-c2ccccc2)c1.[Ir]. The van der Waals surface area contributed by atoms with Crippen LogP contribution in [0.4, 0.5) is 0 Å². The number of pyridine rings is 1. The largest absolute Gasteiger partial charge is 0.501 e. The predicted molar refractivity (Wildman–Crippen MR) is 251 cm³/mol. The smallest absolute Gasteiger partial charge is 0.120 e. The molecule has 0 bridgehead atoms. The summed E-state index contributed by atoms with van der Waals surface area (Å²) in [4.78, 5) is 9.88. The average molecular weight is 1020 g/mol. The Balaban J connectivity index is 0.000000212. The van der Waals surface area contributed by atoms with Crippen molar-refractivity contribution in [3.63, 3.8) is 0 Å². The van der Waals surface area contributed by atoms with Crippen molar-refractivity contribution in [1.29, 1.82) is 0 Å². The molecule has 3 aromatic heterocycles. The van der Waals surface area contributed by atoms with Crippen LogP contribution in [-0.4, -0.2) is 27.8 Å². The van der Waals surface area contributed by atoms with Crippen molar-refractivity contribution in [2.75, 3.05) is 0 Å². The van der Waals surface area contributed by atoms with Crippen LogP contribution in [0.5, 0.6) is 0 Å². The zero-order chi connectivity index (χ0) is 41.5. The first-order valence-corrected chi connectivity index (χ1v) is 28.0. The van der Waals surface area contributed by atoms with Crippen molar-refractivity contribution in [2.24, 2.45) is 5.41 Å². The number of benzene rings is 6. The van der Waals surface area contributed by atoms with Crippen LogP contribution in [0.15, 0.2) is 150 Å². The number of imidazole rings is 1. The molecule has 0 atom stereocenters. The van der Waals surface area contributed by atoms with Crippen molar-refractivity contribution in [1.82, 2.24) is 14.5 Å². The first-order valence-electron chi connectivity index (χ1n) is 20.6. The topological polar surface area (TPSA) is 43.9 Å². The minimum atomic E-state index is -1.90. The summed E-state index contributed by atoms with van der Waals surface area (Å²) >= 11 is -1.90. The third-order valence-electron chi connectivity index (χ3n) is 10.8. The monoisotopic (exact) mass is 1030 g/mol. The summed E-state index contributed by atoms with van der Waals surface area (Å²) < 4.78 is 10.2. The summed E-state index contributed by atoms with van der Waals surface area (Å²) in [5.41, 5.74) is 13.1. The van der Waals surface area contributed by atoms with E-state index in [9.17, 15) is 0 Å². The van der Waals surface area contributed by atoms with E-state index >= 15 is 0 Å². The summed E-state index contributed by atoms with van der Waals surface area (Å²) in [6.45, 7) is 13.7. The average Bonchev–Trinajstić information content (AvgIpc) is 3.79. The number of nitrogens with zero attached hydrogens (tertiary/aromatic N) is 3. The molecular weight excluding hydrogens is 971 g/mol. The molecule has 0 amide bonds. The third-order valence-corrected chi connectivity index (χ3v) is 15.1. The quantitative estimate of drug-likeness (QED) is 0.123. The van der Waals surface area contributed by atoms with E-state index in [2.05, 4.69) is 173 Å². The molecule has 9 rings (SSSR count). The number of para-hydroxylation sites is 3. The van der Waals surface area contributed by atoms with Crippen LogP contribution in [0.2, 0.25) is 17.3 Å². The van der Waals surface area contributed by atoms with Gasteiger partial charge in [0.2, 0.25) is 0 Å². The molecule has 0 aliphatic carbocycles. The second-order valence-corrected chi connectivity index (χ2v) is 29.4. The molecule has 3 heterocycles. The van der Waals surface area contributed by atoms with Crippen molar-refractivity contribution >= 4 is 50.6 Å². The van der Waals surface area contributed by atoms with Gasteiger partial charge in [0.25, 0.3) is 0 Å². The van der Waals surface area contributed by atoms with Crippen LogP contribution in [0, 0.1) is 17.5 Å². The van der Waals surface area contributed by atoms with Crippen molar-refractivity contribution in [2.45, 2.75) is 70.6 Å². The van der Waals surface area contributed by atoms with E-state index in [1.54, 1.807) is 0 Å². The second kappa shape index (κ2) is 17.1. The van der Waals surface area contributed by atoms with Crippen LogP contribution in [0.25, 0.3) is 72.4 Å². The Morgan fingerprint density at radius 3 is 2.13 bits per heavy atom. The number of furan rings is 1. The maximum Gasteiger partial charge on any atom is 0.120 e. The number of fused-ring (bicyclic) bond motifs is 4. The van der Waals surface area contributed by atoms with E-state index in [-0.39, 0.29) is 25.5 Å². The van der Waals surface area contributed by atoms with E-state index in [0.717, 1.165) is 67.7 Å². The van der Waals surface area contributed by atoms with E-state index in [4.69, 9.17) is 14.4 Å². The fraction of sp³-hybridized carbons (Fsp3) is 0.222. The molecule has 1 radical (unpaired) electrons. The minimum Gasteiger partial charge on any atom is -0.501 e. The fourth-order valence-electron chi connectivity index (χ4n) is 7.93. The molecule has 0 spiro atoms. The van der Waals surface area contributed by atoms with Gasteiger partial charge in [-0.15, -0.1) is 18.2 Å². The first kappa shape index (κ1) is 43.0. The van der Waals surface area contributed by atoms with Crippen LogP contribution >= 0.6 is 0 Å². The molecule has 0 saturated carbocycles. The molecule has 0 unspecified atom stereocenters. The van der Waals surface area contributed by atoms with Gasteiger partial charge in [0, 0.05) is 36.7 Å². The number of rotatable bonds is 6. The van der Waals surface area contributed by atoms with Gasteiger partial charge in [0.15, 0.2) is 0 Å². The van der Waals surface area contributed by atoms with Gasteiger partial charge in [-0.3, -0.25) is 4.98 Å². The van der Waals surface area contributed by atoms with Gasteiger partial charge in [0.1, 0.15) is 5.58 Å². The number of aromatic nitrogens is 3. The van der Waals surface area contributed by atoms with Crippen molar-refractivity contribution < 1.29 is 24.5 Å². The van der Waals surface area contributed by atoms with E-state index in [0.29, 0.717) is 5.41 Å². The summed E-state index contributed by atoms with van der Waals surface area (Å²) in [6, 6.07) is 55.1. The first-order chi connectivity index (χ1) is 28.2. The molecule has 6 heteroatoms. The molecular formula is C54H53GeIrN3O-2. The van der Waals surface area contributed by atoms with Gasteiger partial charge in [-0.1, -0.05) is 98.5 Å².